The molecule has 0 saturated heterocycles. The topological polar surface area (TPSA) is 51.0 Å². The Kier molecular flexibility index (Phi) is 4.51. The van der Waals surface area contributed by atoms with Crippen LogP contribution in [-0.4, -0.2) is 33.0 Å². The molecule has 0 atom stereocenters. The van der Waals surface area contributed by atoms with E-state index in [-0.39, 0.29) is 5.91 Å². The lowest BCUT2D eigenvalue weighted by Crippen LogP contribution is -2.30. The summed E-state index contributed by atoms with van der Waals surface area (Å²) in [5.41, 5.74) is 4.52. The lowest BCUT2D eigenvalue weighted by molar-refractivity contribution is -0.116. The van der Waals surface area contributed by atoms with E-state index in [0.29, 0.717) is 5.75 Å². The number of benzene rings is 2. The number of para-hydroxylation sites is 1. The number of rotatable bonds is 4. The van der Waals surface area contributed by atoms with Crippen molar-refractivity contribution >= 4 is 23.4 Å². The van der Waals surface area contributed by atoms with E-state index in [9.17, 15) is 4.79 Å². The third kappa shape index (κ3) is 3.12. The molecule has 5 nitrogen and oxygen atoms in total. The van der Waals surface area contributed by atoms with Gasteiger partial charge in [-0.1, -0.05) is 59.8 Å². The summed E-state index contributed by atoms with van der Waals surface area (Å²) in [5, 5.41) is 9.31. The van der Waals surface area contributed by atoms with Crippen molar-refractivity contribution in [3.8, 4) is 11.4 Å². The Morgan fingerprint density at radius 1 is 1.12 bits per heavy atom. The molecule has 0 bridgehead atoms. The SMILES string of the molecule is Cc1ccc(-c2nnc(SCC(=O)N3CCc4ccccc43)n2C)cc1. The Balaban J connectivity index is 1.46. The van der Waals surface area contributed by atoms with Crippen LogP contribution in [-0.2, 0) is 18.3 Å². The number of aryl methyl sites for hydroxylation is 1. The Labute approximate surface area is 157 Å². The van der Waals surface area contributed by atoms with Crippen molar-refractivity contribution in [2.24, 2.45) is 7.05 Å². The van der Waals surface area contributed by atoms with Gasteiger partial charge >= 0.3 is 0 Å². The Hall–Kier alpha value is -2.60. The van der Waals surface area contributed by atoms with Gasteiger partial charge in [-0.15, -0.1) is 10.2 Å². The largest absolute Gasteiger partial charge is 0.311 e. The molecule has 1 aliphatic rings. The van der Waals surface area contributed by atoms with Gasteiger partial charge in [-0.05, 0) is 25.0 Å². The van der Waals surface area contributed by atoms with Crippen LogP contribution in [0.3, 0.4) is 0 Å². The predicted octanol–water partition coefficient (Wildman–Crippen LogP) is 3.47. The molecule has 2 aromatic carbocycles. The molecule has 0 saturated carbocycles. The molecule has 3 aromatic rings. The van der Waals surface area contributed by atoms with E-state index in [1.54, 1.807) is 0 Å². The average Bonchev–Trinajstić information content (AvgIpc) is 3.24. The molecule has 4 rings (SSSR count). The maximum atomic E-state index is 12.7. The lowest BCUT2D eigenvalue weighted by Gasteiger charge is -2.16. The van der Waals surface area contributed by atoms with Crippen molar-refractivity contribution in [2.75, 3.05) is 17.2 Å². The van der Waals surface area contributed by atoms with E-state index in [1.807, 2.05) is 46.8 Å². The fraction of sp³-hybridized carbons (Fsp3) is 0.250. The molecule has 132 valence electrons. The summed E-state index contributed by atoms with van der Waals surface area (Å²) in [6, 6.07) is 16.3. The van der Waals surface area contributed by atoms with Crippen LogP contribution in [0.1, 0.15) is 11.1 Å². The van der Waals surface area contributed by atoms with E-state index in [2.05, 4.69) is 35.3 Å². The number of nitrogens with zero attached hydrogens (tertiary/aromatic N) is 4. The molecule has 0 spiro atoms. The van der Waals surface area contributed by atoms with E-state index >= 15 is 0 Å². The highest BCUT2D eigenvalue weighted by atomic mass is 32.2. The summed E-state index contributed by atoms with van der Waals surface area (Å²) in [7, 11) is 1.94. The maximum absolute atomic E-state index is 12.7. The van der Waals surface area contributed by atoms with Crippen molar-refractivity contribution in [3.63, 3.8) is 0 Å². The normalized spacial score (nSPS) is 13.1. The van der Waals surface area contributed by atoms with Gasteiger partial charge in [-0.2, -0.15) is 0 Å². The molecule has 1 amide bonds. The average molecular weight is 364 g/mol. The van der Waals surface area contributed by atoms with Crippen LogP contribution in [0.25, 0.3) is 11.4 Å². The Morgan fingerprint density at radius 3 is 2.69 bits per heavy atom. The number of hydrogen-bond acceptors (Lipinski definition) is 4. The fourth-order valence-electron chi connectivity index (χ4n) is 3.20. The summed E-state index contributed by atoms with van der Waals surface area (Å²) in [6.07, 6.45) is 0.925. The van der Waals surface area contributed by atoms with Crippen molar-refractivity contribution in [2.45, 2.75) is 18.5 Å². The van der Waals surface area contributed by atoms with E-state index < -0.39 is 0 Å². The van der Waals surface area contributed by atoms with Gasteiger partial charge in [0.1, 0.15) is 0 Å². The van der Waals surface area contributed by atoms with Crippen molar-refractivity contribution in [3.05, 3.63) is 59.7 Å². The van der Waals surface area contributed by atoms with E-state index in [4.69, 9.17) is 0 Å². The molecule has 0 N–H and O–H groups in total. The number of carbonyl (C=O) groups excluding carboxylic acids is 1. The van der Waals surface area contributed by atoms with Crippen LogP contribution in [0.5, 0.6) is 0 Å². The highest BCUT2D eigenvalue weighted by molar-refractivity contribution is 7.99. The molecule has 2 heterocycles. The second-order valence-corrected chi connectivity index (χ2v) is 7.39. The minimum Gasteiger partial charge on any atom is -0.311 e. The summed E-state index contributed by atoms with van der Waals surface area (Å²) >= 11 is 1.43. The van der Waals surface area contributed by atoms with Gasteiger partial charge < -0.3 is 9.47 Å². The molecular formula is C20H20N4OS. The quantitative estimate of drug-likeness (QED) is 0.665. The van der Waals surface area contributed by atoms with Gasteiger partial charge in [0.05, 0.1) is 5.75 Å². The number of fused-ring (bicyclic) bond motifs is 1. The molecule has 0 aliphatic carbocycles. The van der Waals surface area contributed by atoms with Crippen LogP contribution in [0, 0.1) is 6.92 Å². The number of amides is 1. The first kappa shape index (κ1) is 16.8. The molecule has 26 heavy (non-hydrogen) atoms. The van der Waals surface area contributed by atoms with Gasteiger partial charge in [-0.25, -0.2) is 0 Å². The summed E-state index contributed by atoms with van der Waals surface area (Å²) in [4.78, 5) is 14.5. The number of hydrogen-bond donors (Lipinski definition) is 0. The third-order valence-electron chi connectivity index (χ3n) is 4.66. The first-order valence-corrected chi connectivity index (χ1v) is 9.59. The summed E-state index contributed by atoms with van der Waals surface area (Å²) in [6.45, 7) is 2.82. The van der Waals surface area contributed by atoms with Gasteiger partial charge in [0.25, 0.3) is 0 Å². The molecule has 0 unspecified atom stereocenters. The fourth-order valence-corrected chi connectivity index (χ4v) is 3.98. The highest BCUT2D eigenvalue weighted by Crippen LogP contribution is 2.29. The number of thioether (sulfide) groups is 1. The Bertz CT molecular complexity index is 949. The zero-order valence-electron chi connectivity index (χ0n) is 14.8. The molecule has 6 heteroatoms. The number of carbonyl (C=O) groups is 1. The van der Waals surface area contributed by atoms with Crippen LogP contribution < -0.4 is 4.90 Å². The minimum atomic E-state index is 0.111. The van der Waals surface area contributed by atoms with Crippen LogP contribution in [0.2, 0.25) is 0 Å². The van der Waals surface area contributed by atoms with Gasteiger partial charge in [0, 0.05) is 24.8 Å². The predicted molar refractivity (Wildman–Crippen MR) is 104 cm³/mol. The Morgan fingerprint density at radius 2 is 1.88 bits per heavy atom. The zero-order chi connectivity index (χ0) is 18.1. The van der Waals surface area contributed by atoms with Crippen molar-refractivity contribution in [1.82, 2.24) is 14.8 Å². The maximum Gasteiger partial charge on any atom is 0.237 e. The first-order valence-electron chi connectivity index (χ1n) is 8.61. The molecular weight excluding hydrogens is 344 g/mol. The van der Waals surface area contributed by atoms with Crippen LogP contribution in [0.4, 0.5) is 5.69 Å². The molecule has 1 aliphatic heterocycles. The summed E-state index contributed by atoms with van der Waals surface area (Å²) < 4.78 is 1.94. The third-order valence-corrected chi connectivity index (χ3v) is 5.66. The van der Waals surface area contributed by atoms with Gasteiger partial charge in [0.15, 0.2) is 11.0 Å². The highest BCUT2D eigenvalue weighted by Gasteiger charge is 2.24. The van der Waals surface area contributed by atoms with Crippen LogP contribution in [0.15, 0.2) is 53.7 Å². The molecule has 1 aromatic heterocycles. The number of aromatic nitrogens is 3. The monoisotopic (exact) mass is 364 g/mol. The molecule has 0 radical (unpaired) electrons. The second kappa shape index (κ2) is 6.96. The second-order valence-electron chi connectivity index (χ2n) is 6.44. The van der Waals surface area contributed by atoms with Gasteiger partial charge in [-0.3, -0.25) is 4.79 Å². The van der Waals surface area contributed by atoms with Crippen LogP contribution >= 0.6 is 11.8 Å². The zero-order valence-corrected chi connectivity index (χ0v) is 15.7. The smallest absolute Gasteiger partial charge is 0.237 e. The standard InChI is InChI=1S/C20H20N4OS/c1-14-7-9-16(10-8-14)19-21-22-20(23(19)2)26-13-18(25)24-12-11-15-5-3-4-6-17(15)24/h3-10H,11-13H2,1-2H3. The van der Waals surface area contributed by atoms with Gasteiger partial charge in [0.2, 0.25) is 5.91 Å². The lowest BCUT2D eigenvalue weighted by atomic mass is 10.1. The van der Waals surface area contributed by atoms with E-state index in [0.717, 1.165) is 35.2 Å². The first-order chi connectivity index (χ1) is 12.6. The number of anilines is 1. The summed E-state index contributed by atoms with van der Waals surface area (Å²) in [5.74, 6) is 1.28. The molecule has 0 fully saturated rings. The minimum absolute atomic E-state index is 0.111. The van der Waals surface area contributed by atoms with E-state index in [1.165, 1.54) is 22.9 Å². The van der Waals surface area contributed by atoms with Crippen molar-refractivity contribution < 1.29 is 4.79 Å². The van der Waals surface area contributed by atoms with Crippen molar-refractivity contribution in [1.29, 1.82) is 0 Å².